The number of urea groups is 1. The van der Waals surface area contributed by atoms with Gasteiger partial charge in [0.2, 0.25) is 0 Å². The molecule has 0 saturated carbocycles. The summed E-state index contributed by atoms with van der Waals surface area (Å²) in [5, 5.41) is 5.84. The number of carbonyl (C=O) groups is 2. The van der Waals surface area contributed by atoms with Gasteiger partial charge in [0, 0.05) is 17.8 Å². The van der Waals surface area contributed by atoms with Crippen LogP contribution in [0, 0.1) is 0 Å². The molecular formula is C25H26N4O2. The van der Waals surface area contributed by atoms with E-state index < -0.39 is 0 Å². The summed E-state index contributed by atoms with van der Waals surface area (Å²) in [6.45, 7) is 2.58. The fraction of sp³-hybridized carbons (Fsp3) is 0.200. The Balaban J connectivity index is 1.50. The first-order chi connectivity index (χ1) is 15.1. The Hall–Kier alpha value is -3.80. The number of benzene rings is 3. The summed E-state index contributed by atoms with van der Waals surface area (Å²) in [7, 11) is 0. The van der Waals surface area contributed by atoms with Crippen molar-refractivity contribution < 1.29 is 9.59 Å². The highest BCUT2D eigenvalue weighted by molar-refractivity contribution is 6.05. The molecule has 1 unspecified atom stereocenters. The van der Waals surface area contributed by atoms with Crippen molar-refractivity contribution in [1.29, 1.82) is 0 Å². The number of amides is 3. The van der Waals surface area contributed by atoms with E-state index in [1.54, 1.807) is 12.1 Å². The molecule has 31 heavy (non-hydrogen) atoms. The van der Waals surface area contributed by atoms with Gasteiger partial charge in [0.05, 0.1) is 17.4 Å². The van der Waals surface area contributed by atoms with Gasteiger partial charge >= 0.3 is 6.03 Å². The zero-order chi connectivity index (χ0) is 21.8. The monoisotopic (exact) mass is 414 g/mol. The summed E-state index contributed by atoms with van der Waals surface area (Å²) in [5.74, 6) is -0.196. The van der Waals surface area contributed by atoms with Crippen molar-refractivity contribution in [3.05, 3.63) is 89.5 Å². The molecule has 0 spiro atoms. The van der Waals surface area contributed by atoms with Crippen LogP contribution in [0.15, 0.2) is 72.8 Å². The number of nitrogens with zero attached hydrogens (tertiary/aromatic N) is 1. The molecule has 0 heterocycles. The fourth-order valence-corrected chi connectivity index (χ4v) is 4.09. The van der Waals surface area contributed by atoms with Gasteiger partial charge in [-0.05, 0) is 67.3 Å². The van der Waals surface area contributed by atoms with Gasteiger partial charge in [0.25, 0.3) is 5.91 Å². The summed E-state index contributed by atoms with van der Waals surface area (Å²) >= 11 is 0. The molecule has 0 aliphatic heterocycles. The zero-order valence-corrected chi connectivity index (χ0v) is 17.5. The number of hydrogen-bond donors (Lipinski definition) is 3. The Morgan fingerprint density at radius 3 is 2.48 bits per heavy atom. The lowest BCUT2D eigenvalue weighted by molar-refractivity contribution is 0.102. The number of hydrogen-bond acceptors (Lipinski definition) is 3. The first kappa shape index (κ1) is 20.5. The number of nitrogens with two attached hydrogens (primary N) is 1. The first-order valence-electron chi connectivity index (χ1n) is 10.5. The van der Waals surface area contributed by atoms with E-state index in [1.165, 1.54) is 0 Å². The fourth-order valence-electron chi connectivity index (χ4n) is 4.09. The minimum absolute atomic E-state index is 0.00871. The van der Waals surface area contributed by atoms with Crippen molar-refractivity contribution in [3.63, 3.8) is 0 Å². The van der Waals surface area contributed by atoms with Gasteiger partial charge in [-0.1, -0.05) is 36.4 Å². The molecule has 0 aromatic heterocycles. The van der Waals surface area contributed by atoms with Crippen LogP contribution in [0.1, 0.15) is 40.9 Å². The number of rotatable bonds is 5. The molecule has 3 aromatic carbocycles. The Morgan fingerprint density at radius 2 is 1.74 bits per heavy atom. The third-order valence-electron chi connectivity index (χ3n) is 5.66. The van der Waals surface area contributed by atoms with E-state index in [1.807, 2.05) is 72.5 Å². The summed E-state index contributed by atoms with van der Waals surface area (Å²) in [6, 6.07) is 22.2. The highest BCUT2D eigenvalue weighted by atomic mass is 16.2. The van der Waals surface area contributed by atoms with E-state index >= 15 is 0 Å². The van der Waals surface area contributed by atoms with Crippen LogP contribution in [-0.2, 0) is 6.42 Å². The summed E-state index contributed by atoms with van der Waals surface area (Å²) in [4.78, 5) is 27.4. The van der Waals surface area contributed by atoms with Gasteiger partial charge in [-0.3, -0.25) is 4.79 Å². The molecule has 1 aliphatic rings. The third-order valence-corrected chi connectivity index (χ3v) is 5.66. The van der Waals surface area contributed by atoms with Gasteiger partial charge in [-0.2, -0.15) is 0 Å². The molecule has 3 aromatic rings. The predicted molar refractivity (Wildman–Crippen MR) is 124 cm³/mol. The van der Waals surface area contributed by atoms with Crippen molar-refractivity contribution in [2.45, 2.75) is 25.8 Å². The highest BCUT2D eigenvalue weighted by Gasteiger charge is 2.30. The molecule has 6 nitrogen and oxygen atoms in total. The number of anilines is 3. The van der Waals surface area contributed by atoms with Gasteiger partial charge in [-0.15, -0.1) is 0 Å². The van der Waals surface area contributed by atoms with Crippen molar-refractivity contribution in [2.75, 3.05) is 22.9 Å². The second kappa shape index (κ2) is 8.92. The third kappa shape index (κ3) is 4.38. The van der Waals surface area contributed by atoms with E-state index in [-0.39, 0.29) is 18.0 Å². The first-order valence-corrected chi connectivity index (χ1v) is 10.5. The maximum Gasteiger partial charge on any atom is 0.322 e. The average Bonchev–Trinajstić information content (AvgIpc) is 3.19. The maximum atomic E-state index is 12.9. The van der Waals surface area contributed by atoms with Crippen molar-refractivity contribution in [2.24, 2.45) is 0 Å². The average molecular weight is 415 g/mol. The number of aryl methyl sites for hydroxylation is 1. The van der Waals surface area contributed by atoms with E-state index in [9.17, 15) is 9.59 Å². The topological polar surface area (TPSA) is 87.5 Å². The molecule has 1 atom stereocenters. The minimum Gasteiger partial charge on any atom is -0.397 e. The van der Waals surface area contributed by atoms with Crippen LogP contribution in [-0.4, -0.2) is 23.4 Å². The van der Waals surface area contributed by atoms with Gasteiger partial charge < -0.3 is 21.3 Å². The summed E-state index contributed by atoms with van der Waals surface area (Å²) < 4.78 is 0. The molecule has 0 fully saturated rings. The Labute approximate surface area is 182 Å². The van der Waals surface area contributed by atoms with Crippen LogP contribution in [0.2, 0.25) is 0 Å². The van der Waals surface area contributed by atoms with Crippen LogP contribution in [0.25, 0.3) is 0 Å². The lowest BCUT2D eigenvalue weighted by atomic mass is 10.0. The summed E-state index contributed by atoms with van der Waals surface area (Å²) in [6.07, 6.45) is 1.66. The molecule has 1 aliphatic carbocycles. The molecule has 158 valence electrons. The normalized spacial score (nSPS) is 14.5. The molecule has 4 N–H and O–H groups in total. The highest BCUT2D eigenvalue weighted by Crippen LogP contribution is 2.36. The summed E-state index contributed by atoms with van der Waals surface area (Å²) in [5.41, 5.74) is 10.6. The Bertz CT molecular complexity index is 1100. The lowest BCUT2D eigenvalue weighted by Crippen LogP contribution is -2.37. The largest absolute Gasteiger partial charge is 0.397 e. The smallest absolute Gasteiger partial charge is 0.322 e. The molecule has 0 saturated heterocycles. The quantitative estimate of drug-likeness (QED) is 0.510. The van der Waals surface area contributed by atoms with Crippen LogP contribution in [0.4, 0.5) is 21.9 Å². The molecule has 4 rings (SSSR count). The minimum atomic E-state index is -0.196. The van der Waals surface area contributed by atoms with Crippen molar-refractivity contribution in [1.82, 2.24) is 4.90 Å². The molecule has 6 heteroatoms. The molecule has 0 bridgehead atoms. The van der Waals surface area contributed by atoms with E-state index in [4.69, 9.17) is 5.73 Å². The number of fused-ring (bicyclic) bond motifs is 1. The lowest BCUT2D eigenvalue weighted by Gasteiger charge is -2.29. The second-order valence-electron chi connectivity index (χ2n) is 7.59. The number of nitrogens with one attached hydrogen (secondary N) is 2. The molecule has 3 amide bonds. The molecule has 0 radical (unpaired) electrons. The standard InChI is InChI=1S/C25H26N4O2/c1-2-29(25(31)27-19-8-4-3-5-9-19)23-15-13-17-16-18(12-14-20(17)23)24(30)28-22-11-7-6-10-21(22)26/h3-12,14,16,23H,2,13,15,26H2,1H3,(H,27,31)(H,28,30). The number of nitrogen functional groups attached to an aromatic ring is 1. The Kier molecular flexibility index (Phi) is 5.89. The van der Waals surface area contributed by atoms with Crippen LogP contribution in [0.3, 0.4) is 0 Å². The zero-order valence-electron chi connectivity index (χ0n) is 17.5. The van der Waals surface area contributed by atoms with Gasteiger partial charge in [-0.25, -0.2) is 4.79 Å². The van der Waals surface area contributed by atoms with E-state index in [0.29, 0.717) is 23.5 Å². The molecular weight excluding hydrogens is 388 g/mol. The predicted octanol–water partition coefficient (Wildman–Crippen LogP) is 5.06. The van der Waals surface area contributed by atoms with Crippen LogP contribution in [0.5, 0.6) is 0 Å². The van der Waals surface area contributed by atoms with Crippen LogP contribution < -0.4 is 16.4 Å². The van der Waals surface area contributed by atoms with E-state index in [2.05, 4.69) is 10.6 Å². The van der Waals surface area contributed by atoms with Gasteiger partial charge in [0.15, 0.2) is 0 Å². The van der Waals surface area contributed by atoms with E-state index in [0.717, 1.165) is 29.7 Å². The SMILES string of the molecule is CCN(C(=O)Nc1ccccc1)C1CCc2cc(C(=O)Nc3ccccc3N)ccc21. The number of carbonyl (C=O) groups excluding carboxylic acids is 2. The number of para-hydroxylation sites is 3. The van der Waals surface area contributed by atoms with Gasteiger partial charge in [0.1, 0.15) is 0 Å². The van der Waals surface area contributed by atoms with Crippen LogP contribution >= 0.6 is 0 Å². The Morgan fingerprint density at radius 1 is 1.00 bits per heavy atom. The second-order valence-corrected chi connectivity index (χ2v) is 7.59. The van der Waals surface area contributed by atoms with Crippen molar-refractivity contribution in [3.8, 4) is 0 Å². The maximum absolute atomic E-state index is 12.9. The van der Waals surface area contributed by atoms with Crippen molar-refractivity contribution >= 4 is 29.0 Å².